The number of nitrogens with zero attached hydrogens (tertiary/aromatic N) is 2. The van der Waals surface area contributed by atoms with Crippen LogP contribution in [0.25, 0.3) is 11.5 Å². The fourth-order valence-electron chi connectivity index (χ4n) is 3.00. The molecule has 0 spiro atoms. The van der Waals surface area contributed by atoms with E-state index in [9.17, 15) is 5.11 Å². The Bertz CT molecular complexity index is 624. The third-order valence-corrected chi connectivity index (χ3v) is 4.36. The number of rotatable bonds is 4. The highest BCUT2D eigenvalue weighted by atomic mass is 16.5. The van der Waals surface area contributed by atoms with Gasteiger partial charge in [-0.25, -0.2) is 0 Å². The summed E-state index contributed by atoms with van der Waals surface area (Å²) in [5.74, 6) is 3.00. The van der Waals surface area contributed by atoms with Crippen molar-refractivity contribution in [3.05, 3.63) is 24.0 Å². The molecule has 2 atom stereocenters. The standard InChI is InChI=1S/C16H20N2O3/c1-3-10-4-5-11(8-10)15-17-16(21-18-15)13-9-12(20-2)6-7-14(13)19/h6-7,9-11,19H,3-5,8H2,1-2H3. The van der Waals surface area contributed by atoms with Gasteiger partial charge in [0.25, 0.3) is 5.89 Å². The molecule has 3 rings (SSSR count). The molecule has 0 radical (unpaired) electrons. The topological polar surface area (TPSA) is 68.4 Å². The molecule has 2 unspecified atom stereocenters. The van der Waals surface area contributed by atoms with E-state index >= 15 is 0 Å². The van der Waals surface area contributed by atoms with Crippen LogP contribution >= 0.6 is 0 Å². The van der Waals surface area contributed by atoms with E-state index in [2.05, 4.69) is 17.1 Å². The van der Waals surface area contributed by atoms with Gasteiger partial charge in [0.2, 0.25) is 0 Å². The number of hydrogen-bond donors (Lipinski definition) is 1. The summed E-state index contributed by atoms with van der Waals surface area (Å²) in [5, 5.41) is 14.1. The van der Waals surface area contributed by atoms with Gasteiger partial charge in [0.1, 0.15) is 11.5 Å². The number of aromatic nitrogens is 2. The molecule has 1 aromatic carbocycles. The van der Waals surface area contributed by atoms with E-state index in [0.29, 0.717) is 23.1 Å². The first-order chi connectivity index (χ1) is 10.2. The molecule has 0 amide bonds. The molecule has 21 heavy (non-hydrogen) atoms. The zero-order valence-corrected chi connectivity index (χ0v) is 12.4. The SMILES string of the molecule is CCC1CCC(c2noc(-c3cc(OC)ccc3O)n2)C1. The van der Waals surface area contributed by atoms with Crippen LogP contribution in [0.1, 0.15) is 44.3 Å². The van der Waals surface area contributed by atoms with Crippen molar-refractivity contribution in [3.63, 3.8) is 0 Å². The van der Waals surface area contributed by atoms with Gasteiger partial charge in [0, 0.05) is 5.92 Å². The van der Waals surface area contributed by atoms with Crippen molar-refractivity contribution in [2.45, 2.75) is 38.5 Å². The van der Waals surface area contributed by atoms with Gasteiger partial charge >= 0.3 is 0 Å². The third kappa shape index (κ3) is 2.73. The summed E-state index contributed by atoms with van der Waals surface area (Å²) >= 11 is 0. The van der Waals surface area contributed by atoms with Crippen molar-refractivity contribution in [1.82, 2.24) is 10.1 Å². The van der Waals surface area contributed by atoms with Gasteiger partial charge in [-0.05, 0) is 43.4 Å². The molecule has 1 aliphatic rings. The lowest BCUT2D eigenvalue weighted by atomic mass is 10.0. The van der Waals surface area contributed by atoms with E-state index in [4.69, 9.17) is 9.26 Å². The van der Waals surface area contributed by atoms with E-state index in [0.717, 1.165) is 24.6 Å². The summed E-state index contributed by atoms with van der Waals surface area (Å²) in [6.07, 6.45) is 4.68. The van der Waals surface area contributed by atoms with Gasteiger partial charge in [0.05, 0.1) is 12.7 Å². The van der Waals surface area contributed by atoms with E-state index in [1.54, 1.807) is 25.3 Å². The number of hydrogen-bond acceptors (Lipinski definition) is 5. The highest BCUT2D eigenvalue weighted by molar-refractivity contribution is 5.64. The number of ether oxygens (including phenoxy) is 1. The Morgan fingerprint density at radius 1 is 1.38 bits per heavy atom. The van der Waals surface area contributed by atoms with Crippen molar-refractivity contribution in [2.75, 3.05) is 7.11 Å². The number of benzene rings is 1. The highest BCUT2D eigenvalue weighted by Gasteiger charge is 2.28. The first-order valence-corrected chi connectivity index (χ1v) is 7.42. The summed E-state index contributed by atoms with van der Waals surface area (Å²) in [7, 11) is 1.58. The number of aromatic hydroxyl groups is 1. The minimum atomic E-state index is 0.115. The summed E-state index contributed by atoms with van der Waals surface area (Å²) in [4.78, 5) is 4.47. The van der Waals surface area contributed by atoms with Crippen molar-refractivity contribution in [3.8, 4) is 23.0 Å². The van der Waals surface area contributed by atoms with Crippen LogP contribution in [0.15, 0.2) is 22.7 Å². The van der Waals surface area contributed by atoms with Gasteiger partial charge in [0.15, 0.2) is 5.82 Å². The first kappa shape index (κ1) is 13.9. The smallest absolute Gasteiger partial charge is 0.261 e. The van der Waals surface area contributed by atoms with Crippen molar-refractivity contribution in [1.29, 1.82) is 0 Å². The van der Waals surface area contributed by atoms with Crippen LogP contribution in [-0.2, 0) is 0 Å². The molecule has 1 aromatic heterocycles. The Hall–Kier alpha value is -2.04. The molecule has 1 aliphatic carbocycles. The molecule has 0 saturated heterocycles. The van der Waals surface area contributed by atoms with E-state index in [1.165, 1.54) is 12.8 Å². The molecule has 5 heteroatoms. The quantitative estimate of drug-likeness (QED) is 0.928. The average molecular weight is 288 g/mol. The fraction of sp³-hybridized carbons (Fsp3) is 0.500. The van der Waals surface area contributed by atoms with Gasteiger partial charge in [-0.2, -0.15) is 4.98 Å². The zero-order chi connectivity index (χ0) is 14.8. The largest absolute Gasteiger partial charge is 0.507 e. The Morgan fingerprint density at radius 2 is 2.24 bits per heavy atom. The molecule has 1 heterocycles. The molecular formula is C16H20N2O3. The van der Waals surface area contributed by atoms with E-state index in [-0.39, 0.29) is 5.75 Å². The number of phenols is 1. The van der Waals surface area contributed by atoms with Crippen LogP contribution in [0.2, 0.25) is 0 Å². The maximum absolute atomic E-state index is 9.96. The lowest BCUT2D eigenvalue weighted by Crippen LogP contribution is -1.97. The average Bonchev–Trinajstić information content (AvgIpc) is 3.16. The predicted molar refractivity (Wildman–Crippen MR) is 78.3 cm³/mol. The predicted octanol–water partition coefficient (Wildman–Crippen LogP) is 3.74. The number of phenolic OH excluding ortho intramolecular Hbond substituents is 1. The van der Waals surface area contributed by atoms with Crippen LogP contribution in [0.3, 0.4) is 0 Å². The molecule has 1 N–H and O–H groups in total. The Labute approximate surface area is 123 Å². The minimum absolute atomic E-state index is 0.115. The summed E-state index contributed by atoms with van der Waals surface area (Å²) < 4.78 is 10.5. The third-order valence-electron chi connectivity index (χ3n) is 4.36. The van der Waals surface area contributed by atoms with Gasteiger partial charge in [-0.15, -0.1) is 0 Å². The Kier molecular flexibility index (Phi) is 3.82. The van der Waals surface area contributed by atoms with Crippen LogP contribution in [0.5, 0.6) is 11.5 Å². The molecule has 1 fully saturated rings. The molecule has 0 bridgehead atoms. The molecule has 0 aliphatic heterocycles. The highest BCUT2D eigenvalue weighted by Crippen LogP contribution is 2.39. The summed E-state index contributed by atoms with van der Waals surface area (Å²) in [6.45, 7) is 2.23. The molecule has 5 nitrogen and oxygen atoms in total. The molecule has 2 aromatic rings. The lowest BCUT2D eigenvalue weighted by Gasteiger charge is -2.05. The zero-order valence-electron chi connectivity index (χ0n) is 12.4. The first-order valence-electron chi connectivity index (χ1n) is 7.42. The second-order valence-electron chi connectivity index (χ2n) is 5.63. The Morgan fingerprint density at radius 3 is 2.95 bits per heavy atom. The van der Waals surface area contributed by atoms with Gasteiger partial charge in [-0.1, -0.05) is 18.5 Å². The molecule has 1 saturated carbocycles. The number of methoxy groups -OCH3 is 1. The van der Waals surface area contributed by atoms with Gasteiger partial charge in [-0.3, -0.25) is 0 Å². The maximum atomic E-state index is 9.96. The molecular weight excluding hydrogens is 268 g/mol. The van der Waals surface area contributed by atoms with E-state index in [1.807, 2.05) is 0 Å². The normalized spacial score (nSPS) is 21.6. The minimum Gasteiger partial charge on any atom is -0.507 e. The fourth-order valence-corrected chi connectivity index (χ4v) is 3.00. The summed E-state index contributed by atoms with van der Waals surface area (Å²) in [6, 6.07) is 4.97. The molecule has 112 valence electrons. The van der Waals surface area contributed by atoms with E-state index < -0.39 is 0 Å². The van der Waals surface area contributed by atoms with Gasteiger partial charge < -0.3 is 14.4 Å². The second-order valence-corrected chi connectivity index (χ2v) is 5.63. The lowest BCUT2D eigenvalue weighted by molar-refractivity contribution is 0.403. The van der Waals surface area contributed by atoms with Crippen LogP contribution < -0.4 is 4.74 Å². The second kappa shape index (κ2) is 5.76. The van der Waals surface area contributed by atoms with Crippen LogP contribution in [0.4, 0.5) is 0 Å². The van der Waals surface area contributed by atoms with Crippen molar-refractivity contribution >= 4 is 0 Å². The maximum Gasteiger partial charge on any atom is 0.261 e. The monoisotopic (exact) mass is 288 g/mol. The Balaban J connectivity index is 1.85. The van der Waals surface area contributed by atoms with Crippen molar-refractivity contribution < 1.29 is 14.4 Å². The van der Waals surface area contributed by atoms with Crippen LogP contribution in [0, 0.1) is 5.92 Å². The van der Waals surface area contributed by atoms with Crippen molar-refractivity contribution in [2.24, 2.45) is 5.92 Å². The van der Waals surface area contributed by atoms with Crippen LogP contribution in [-0.4, -0.2) is 22.4 Å². The summed E-state index contributed by atoms with van der Waals surface area (Å²) in [5.41, 5.74) is 0.512.